The highest BCUT2D eigenvalue weighted by molar-refractivity contribution is 7.80. The summed E-state index contributed by atoms with van der Waals surface area (Å²) in [7, 11) is -5.31. The fraction of sp³-hybridized carbons (Fsp3) is 0.714. The smallest absolute Gasteiger partial charge is 0.469 e. The van der Waals surface area contributed by atoms with Crippen LogP contribution in [-0.4, -0.2) is 208 Å². The van der Waals surface area contributed by atoms with Gasteiger partial charge in [-0.2, -0.15) is 50.5 Å². The van der Waals surface area contributed by atoms with Gasteiger partial charge in [-0.3, -0.25) is 67.1 Å². The van der Waals surface area contributed by atoms with Crippen LogP contribution in [0.2, 0.25) is 0 Å². The molecule has 11 amide bonds. The quantitative estimate of drug-likeness (QED) is 0.00902. The predicted molar refractivity (Wildman–Crippen MR) is 329 cm³/mol. The highest BCUT2D eigenvalue weighted by atomic mass is 32.1. The first-order chi connectivity index (χ1) is 41.1. The molecule has 0 aromatic rings. The standard InChI is InChI=1S/C49H87N14O19PS4/c1-2-3-4-5-6-7-8-9-10-11-12-13-14-17-36(64)59-33(26-85)45(74)62-35(28-87)47(76)63-34(27-86)46(75)61-32(25-84)43(72)55-21-38(66)53-20-37(65)54-22-39(67)58-31(24-82-83(79,80)81)44(73)60-29(16-15-18-52-49(50)51)42(71)56-23-40(68)57-30(48(77)78)19-41(69)70/h29-35,84-87H,2-28H2,1H3,(H,53,66)(H,54,65)(H,55,72)(H,56,71)(H,57,68)(H,58,67)(H,59,64)(H,60,73)(H,61,75)(H,62,74)(H,63,76)(H,69,70)(H,77,78)(H4,50,51,52)(H2,79,80,81)/t29-,30-,31-,32-,33-,34-,35-/m0/s1. The average Bonchev–Trinajstić information content (AvgIpc) is 3.68. The number of carboxylic acid groups (broad SMARTS) is 2. The average molecular weight is 1340 g/mol. The van der Waals surface area contributed by atoms with E-state index in [0.717, 1.165) is 25.7 Å². The molecule has 0 aliphatic heterocycles. The summed E-state index contributed by atoms with van der Waals surface area (Å²) in [5.41, 5.74) is 10.6. The first-order valence-corrected chi connectivity index (χ1v) is 32.0. The maximum Gasteiger partial charge on any atom is 0.469 e. The molecule has 0 unspecified atom stereocenters. The van der Waals surface area contributed by atoms with Crippen LogP contribution in [0.1, 0.15) is 116 Å². The van der Waals surface area contributed by atoms with Crippen LogP contribution < -0.4 is 70.0 Å². The molecule has 0 aliphatic rings. The van der Waals surface area contributed by atoms with Gasteiger partial charge in [0.2, 0.25) is 65.0 Å². The van der Waals surface area contributed by atoms with Crippen LogP contribution in [0.25, 0.3) is 0 Å². The highest BCUT2D eigenvalue weighted by Crippen LogP contribution is 2.35. The van der Waals surface area contributed by atoms with Crippen LogP contribution in [0, 0.1) is 0 Å². The SMILES string of the molecule is CCCCCCCCCCCCCCCC(=O)N[C@@H](CS)C(=O)N[C@@H](CS)C(=O)N[C@@H](CS)C(=O)N[C@@H](CS)C(=O)NCC(=O)NCC(=O)NCC(=O)N[C@@H](COP(=O)(O)O)C(=O)N[C@@H](CCCN=C(N)N)C(=O)NCC(=O)N[C@@H](CC(=O)O)C(=O)O. The lowest BCUT2D eigenvalue weighted by Crippen LogP contribution is -2.59. The van der Waals surface area contributed by atoms with Crippen molar-refractivity contribution in [2.75, 3.05) is 62.3 Å². The monoisotopic (exact) mass is 1330 g/mol. The number of nitrogens with one attached hydrogen (secondary N) is 11. The van der Waals surface area contributed by atoms with Gasteiger partial charge in [0.25, 0.3) is 0 Å². The fourth-order valence-electron chi connectivity index (χ4n) is 7.49. The van der Waals surface area contributed by atoms with Gasteiger partial charge >= 0.3 is 19.8 Å². The largest absolute Gasteiger partial charge is 0.481 e. The minimum Gasteiger partial charge on any atom is -0.481 e. The van der Waals surface area contributed by atoms with Crippen LogP contribution in [0.15, 0.2) is 4.99 Å². The molecule has 0 spiro atoms. The summed E-state index contributed by atoms with van der Waals surface area (Å²) in [5.74, 6) is -14.9. The van der Waals surface area contributed by atoms with Gasteiger partial charge in [-0.05, 0) is 19.3 Å². The fourth-order valence-corrected chi connectivity index (χ4v) is 8.86. The van der Waals surface area contributed by atoms with E-state index in [4.69, 9.17) is 16.6 Å². The van der Waals surface area contributed by atoms with Gasteiger partial charge in [0, 0.05) is 36.0 Å². The Balaban J connectivity index is 5.29. The van der Waals surface area contributed by atoms with E-state index < -0.39 is 160 Å². The van der Waals surface area contributed by atoms with Crippen molar-refractivity contribution in [3.05, 3.63) is 0 Å². The lowest BCUT2D eigenvalue weighted by molar-refractivity contribution is -0.147. The highest BCUT2D eigenvalue weighted by Gasteiger charge is 2.32. The van der Waals surface area contributed by atoms with Crippen molar-refractivity contribution in [2.45, 2.75) is 158 Å². The third-order valence-electron chi connectivity index (χ3n) is 12.2. The van der Waals surface area contributed by atoms with Gasteiger partial charge < -0.3 is 90.0 Å². The molecular weight excluding hydrogens is 1250 g/mol. The van der Waals surface area contributed by atoms with Crippen molar-refractivity contribution < 1.29 is 91.4 Å². The zero-order chi connectivity index (χ0) is 65.9. The number of nitrogens with two attached hydrogens (primary N) is 2. The van der Waals surface area contributed by atoms with Crippen molar-refractivity contribution in [1.82, 2.24) is 58.5 Å². The Bertz CT molecular complexity index is 2340. The van der Waals surface area contributed by atoms with Gasteiger partial charge in [-0.25, -0.2) is 9.36 Å². The molecule has 7 atom stereocenters. The molecule has 0 aliphatic carbocycles. The topological polar surface area (TPSA) is 526 Å². The number of nitrogens with zero attached hydrogens (tertiary/aromatic N) is 1. The van der Waals surface area contributed by atoms with Gasteiger partial charge in [-0.1, -0.05) is 84.0 Å². The number of phosphoric ester groups is 1. The van der Waals surface area contributed by atoms with Gasteiger partial charge in [0.05, 0.1) is 39.2 Å². The number of aliphatic imine (C=N–C) groups is 1. The summed E-state index contributed by atoms with van der Waals surface area (Å²) in [6.07, 6.45) is 13.8. The summed E-state index contributed by atoms with van der Waals surface area (Å²) in [6.45, 7) is -2.53. The van der Waals surface area contributed by atoms with E-state index in [1.807, 2.05) is 10.6 Å². The maximum absolute atomic E-state index is 13.4. The van der Waals surface area contributed by atoms with Crippen molar-refractivity contribution in [3.63, 3.8) is 0 Å². The Morgan fingerprint density at radius 3 is 1.23 bits per heavy atom. The van der Waals surface area contributed by atoms with E-state index in [1.165, 1.54) is 51.4 Å². The molecular formula is C49H87N14O19PS4. The predicted octanol–water partition coefficient (Wildman–Crippen LogP) is -4.23. The van der Waals surface area contributed by atoms with E-state index >= 15 is 0 Å². The Hall–Kier alpha value is -6.11. The molecule has 0 bridgehead atoms. The number of hydrogen-bond donors (Lipinski definition) is 21. The number of carboxylic acids is 2. The Kier molecular flexibility index (Phi) is 43.7. The zero-order valence-electron chi connectivity index (χ0n) is 48.4. The number of hydrogen-bond acceptors (Lipinski definition) is 20. The molecule has 33 nitrogen and oxygen atoms in total. The van der Waals surface area contributed by atoms with Crippen LogP contribution in [0.5, 0.6) is 0 Å². The number of aliphatic carboxylic acids is 2. The first kappa shape index (κ1) is 80.9. The first-order valence-electron chi connectivity index (χ1n) is 27.9. The number of phosphoric acid groups is 1. The third-order valence-corrected chi connectivity index (χ3v) is 14.1. The molecule has 0 rings (SSSR count). The number of carbonyl (C=O) groups excluding carboxylic acids is 11. The summed E-state index contributed by atoms with van der Waals surface area (Å²) < 4.78 is 15.9. The van der Waals surface area contributed by atoms with Crippen LogP contribution in [0.4, 0.5) is 0 Å². The number of unbranched alkanes of at least 4 members (excludes halogenated alkanes) is 12. The molecule has 19 N–H and O–H groups in total. The van der Waals surface area contributed by atoms with Crippen LogP contribution >= 0.6 is 58.3 Å². The molecule has 0 saturated carbocycles. The Labute approximate surface area is 525 Å². The second kappa shape index (κ2) is 47.0. The number of guanidine groups is 1. The van der Waals surface area contributed by atoms with Crippen molar-refractivity contribution >= 4 is 141 Å². The van der Waals surface area contributed by atoms with E-state index in [2.05, 4.69) is 115 Å². The number of thiol groups is 4. The molecule has 496 valence electrons. The second-order valence-corrected chi connectivity index (χ2v) is 22.2. The van der Waals surface area contributed by atoms with E-state index in [9.17, 15) is 81.8 Å². The molecule has 38 heteroatoms. The summed E-state index contributed by atoms with van der Waals surface area (Å²) in [5, 5.41) is 42.7. The molecule has 0 saturated heterocycles. The molecule has 0 heterocycles. The maximum atomic E-state index is 13.4. The van der Waals surface area contributed by atoms with Crippen molar-refractivity contribution in [1.29, 1.82) is 0 Å². The lowest BCUT2D eigenvalue weighted by Gasteiger charge is -2.24. The van der Waals surface area contributed by atoms with Crippen molar-refractivity contribution in [3.8, 4) is 0 Å². The van der Waals surface area contributed by atoms with Crippen LogP contribution in [0.3, 0.4) is 0 Å². The van der Waals surface area contributed by atoms with E-state index in [0.29, 0.717) is 6.42 Å². The summed E-state index contributed by atoms with van der Waals surface area (Å²) in [4.78, 5) is 187. The normalized spacial score (nSPS) is 13.4. The van der Waals surface area contributed by atoms with Gasteiger partial charge in [0.1, 0.15) is 42.3 Å². The minimum absolute atomic E-state index is 0.0207. The van der Waals surface area contributed by atoms with Gasteiger partial charge in [-0.15, -0.1) is 0 Å². The number of rotatable bonds is 49. The zero-order valence-corrected chi connectivity index (χ0v) is 52.9. The minimum atomic E-state index is -5.31. The Morgan fingerprint density at radius 2 is 0.805 bits per heavy atom. The van der Waals surface area contributed by atoms with Gasteiger partial charge in [0.15, 0.2) is 5.96 Å². The molecule has 0 fully saturated rings. The number of amides is 11. The molecule has 87 heavy (non-hydrogen) atoms. The second-order valence-electron chi connectivity index (χ2n) is 19.5. The molecule has 0 aromatic heterocycles. The molecule has 0 radical (unpaired) electrons. The lowest BCUT2D eigenvalue weighted by atomic mass is 10.0. The summed E-state index contributed by atoms with van der Waals surface area (Å²) in [6, 6.07) is -10.6. The van der Waals surface area contributed by atoms with E-state index in [-0.39, 0.29) is 60.7 Å². The Morgan fingerprint density at radius 1 is 0.448 bits per heavy atom. The summed E-state index contributed by atoms with van der Waals surface area (Å²) >= 11 is 16.6. The third kappa shape index (κ3) is 40.1. The van der Waals surface area contributed by atoms with Crippen LogP contribution in [-0.2, 0) is 71.4 Å². The van der Waals surface area contributed by atoms with Crippen molar-refractivity contribution in [2.24, 2.45) is 16.5 Å². The number of carbonyl (C=O) groups is 13. The molecule has 0 aromatic carbocycles. The van der Waals surface area contributed by atoms with E-state index in [1.54, 1.807) is 0 Å².